The predicted octanol–water partition coefficient (Wildman–Crippen LogP) is 1.36. The fraction of sp³-hybridized carbons (Fsp3) is 0.500. The van der Waals surface area contributed by atoms with Crippen LogP contribution in [-0.2, 0) is 4.74 Å². The van der Waals surface area contributed by atoms with Gasteiger partial charge < -0.3 is 14.8 Å². The van der Waals surface area contributed by atoms with Gasteiger partial charge in [-0.2, -0.15) is 0 Å². The van der Waals surface area contributed by atoms with Gasteiger partial charge in [0.15, 0.2) is 0 Å². The normalized spacial score (nSPS) is 16.1. The second-order valence-electron chi connectivity index (χ2n) is 3.85. The monoisotopic (exact) mass is 207 g/mol. The van der Waals surface area contributed by atoms with Crippen LogP contribution in [0.15, 0.2) is 24.3 Å². The molecule has 1 aromatic rings. The smallest absolute Gasteiger partial charge is 0.119 e. The molecule has 82 valence electrons. The molecule has 1 fully saturated rings. The Morgan fingerprint density at radius 2 is 2.33 bits per heavy atom. The Balaban J connectivity index is 1.64. The van der Waals surface area contributed by atoms with Crippen LogP contribution in [0, 0.1) is 6.92 Å². The highest BCUT2D eigenvalue weighted by atomic mass is 16.5. The van der Waals surface area contributed by atoms with Crippen molar-refractivity contribution in [2.75, 3.05) is 26.4 Å². The molecule has 0 saturated carbocycles. The zero-order valence-electron chi connectivity index (χ0n) is 9.03. The van der Waals surface area contributed by atoms with Crippen LogP contribution >= 0.6 is 0 Å². The third-order valence-electron chi connectivity index (χ3n) is 2.43. The molecule has 0 unspecified atom stereocenters. The molecule has 0 atom stereocenters. The van der Waals surface area contributed by atoms with Crippen LogP contribution in [-0.4, -0.2) is 32.4 Å². The molecule has 1 heterocycles. The standard InChI is InChI=1S/C12H17NO2/c1-10-3-2-4-12(7-10)15-6-5-13-11-8-14-9-11/h2-4,7,11,13H,5-6,8-9H2,1H3. The molecule has 1 N–H and O–H groups in total. The molecule has 3 nitrogen and oxygen atoms in total. The Morgan fingerprint density at radius 3 is 3.00 bits per heavy atom. The number of hydrogen-bond donors (Lipinski definition) is 1. The van der Waals surface area contributed by atoms with Gasteiger partial charge in [0.05, 0.1) is 19.3 Å². The molecule has 0 bridgehead atoms. The summed E-state index contributed by atoms with van der Waals surface area (Å²) in [6, 6.07) is 8.65. The third kappa shape index (κ3) is 3.22. The van der Waals surface area contributed by atoms with E-state index in [0.29, 0.717) is 12.6 Å². The first-order valence-electron chi connectivity index (χ1n) is 5.35. The maximum absolute atomic E-state index is 5.60. The molecule has 0 spiro atoms. The molecule has 0 radical (unpaired) electrons. The minimum atomic E-state index is 0.533. The van der Waals surface area contributed by atoms with Crippen molar-refractivity contribution in [3.8, 4) is 5.75 Å². The summed E-state index contributed by atoms with van der Waals surface area (Å²) in [5, 5.41) is 3.35. The molecular weight excluding hydrogens is 190 g/mol. The molecule has 0 aromatic heterocycles. The van der Waals surface area contributed by atoms with E-state index in [-0.39, 0.29) is 0 Å². The molecule has 0 aliphatic carbocycles. The van der Waals surface area contributed by atoms with Crippen molar-refractivity contribution >= 4 is 0 Å². The number of rotatable bonds is 5. The second kappa shape index (κ2) is 5.14. The van der Waals surface area contributed by atoms with Crippen molar-refractivity contribution in [2.24, 2.45) is 0 Å². The van der Waals surface area contributed by atoms with Gasteiger partial charge in [-0.25, -0.2) is 0 Å². The molecular formula is C12H17NO2. The summed E-state index contributed by atoms with van der Waals surface area (Å²) in [5.41, 5.74) is 1.23. The average molecular weight is 207 g/mol. The minimum absolute atomic E-state index is 0.533. The van der Waals surface area contributed by atoms with Crippen molar-refractivity contribution in [3.05, 3.63) is 29.8 Å². The first-order valence-corrected chi connectivity index (χ1v) is 5.35. The summed E-state index contributed by atoms with van der Waals surface area (Å²) in [4.78, 5) is 0. The van der Waals surface area contributed by atoms with Crippen molar-refractivity contribution in [1.82, 2.24) is 5.32 Å². The predicted molar refractivity (Wildman–Crippen MR) is 59.3 cm³/mol. The number of nitrogens with one attached hydrogen (secondary N) is 1. The van der Waals surface area contributed by atoms with E-state index in [1.165, 1.54) is 5.56 Å². The number of benzene rings is 1. The van der Waals surface area contributed by atoms with Crippen LogP contribution in [0.2, 0.25) is 0 Å². The van der Waals surface area contributed by atoms with E-state index < -0.39 is 0 Å². The van der Waals surface area contributed by atoms with Crippen molar-refractivity contribution in [3.63, 3.8) is 0 Å². The fourth-order valence-electron chi connectivity index (χ4n) is 1.49. The van der Waals surface area contributed by atoms with E-state index in [1.807, 2.05) is 18.2 Å². The molecule has 1 aliphatic rings. The third-order valence-corrected chi connectivity index (χ3v) is 2.43. The largest absolute Gasteiger partial charge is 0.492 e. The highest BCUT2D eigenvalue weighted by Gasteiger charge is 2.16. The lowest BCUT2D eigenvalue weighted by Gasteiger charge is -2.26. The van der Waals surface area contributed by atoms with E-state index in [2.05, 4.69) is 18.3 Å². The van der Waals surface area contributed by atoms with E-state index in [9.17, 15) is 0 Å². The van der Waals surface area contributed by atoms with Gasteiger partial charge in [0.2, 0.25) is 0 Å². The van der Waals surface area contributed by atoms with Crippen molar-refractivity contribution in [1.29, 1.82) is 0 Å². The highest BCUT2D eigenvalue weighted by molar-refractivity contribution is 5.27. The van der Waals surface area contributed by atoms with E-state index in [0.717, 1.165) is 25.5 Å². The molecule has 0 amide bonds. The Labute approximate surface area is 90.4 Å². The quantitative estimate of drug-likeness (QED) is 0.740. The van der Waals surface area contributed by atoms with Crippen LogP contribution < -0.4 is 10.1 Å². The lowest BCUT2D eigenvalue weighted by molar-refractivity contribution is -0.00595. The van der Waals surface area contributed by atoms with Crippen LogP contribution in [0.1, 0.15) is 5.56 Å². The van der Waals surface area contributed by atoms with Gasteiger partial charge in [0.1, 0.15) is 12.4 Å². The highest BCUT2D eigenvalue weighted by Crippen LogP contribution is 2.11. The molecule has 2 rings (SSSR count). The lowest BCUT2D eigenvalue weighted by Crippen LogP contribution is -2.47. The van der Waals surface area contributed by atoms with Gasteiger partial charge in [-0.15, -0.1) is 0 Å². The Morgan fingerprint density at radius 1 is 1.47 bits per heavy atom. The van der Waals surface area contributed by atoms with Crippen molar-refractivity contribution < 1.29 is 9.47 Å². The van der Waals surface area contributed by atoms with Gasteiger partial charge in [-0.05, 0) is 24.6 Å². The molecule has 15 heavy (non-hydrogen) atoms. The van der Waals surface area contributed by atoms with Gasteiger partial charge in [-0.1, -0.05) is 12.1 Å². The summed E-state index contributed by atoms with van der Waals surface area (Å²) in [6.07, 6.45) is 0. The lowest BCUT2D eigenvalue weighted by atomic mass is 10.2. The van der Waals surface area contributed by atoms with Gasteiger partial charge in [-0.3, -0.25) is 0 Å². The topological polar surface area (TPSA) is 30.5 Å². The van der Waals surface area contributed by atoms with Crippen LogP contribution in [0.25, 0.3) is 0 Å². The van der Waals surface area contributed by atoms with E-state index in [1.54, 1.807) is 0 Å². The van der Waals surface area contributed by atoms with Crippen molar-refractivity contribution in [2.45, 2.75) is 13.0 Å². The summed E-state index contributed by atoms with van der Waals surface area (Å²) in [7, 11) is 0. The maximum Gasteiger partial charge on any atom is 0.119 e. The first-order chi connectivity index (χ1) is 7.34. The first kappa shape index (κ1) is 10.5. The minimum Gasteiger partial charge on any atom is -0.492 e. The Bertz CT molecular complexity index is 310. The molecule has 1 aliphatic heterocycles. The van der Waals surface area contributed by atoms with E-state index in [4.69, 9.17) is 9.47 Å². The van der Waals surface area contributed by atoms with Gasteiger partial charge >= 0.3 is 0 Å². The molecule has 1 saturated heterocycles. The average Bonchev–Trinajstić information content (AvgIpc) is 2.15. The fourth-order valence-corrected chi connectivity index (χ4v) is 1.49. The second-order valence-corrected chi connectivity index (χ2v) is 3.85. The van der Waals surface area contributed by atoms with Crippen LogP contribution in [0.5, 0.6) is 5.75 Å². The van der Waals surface area contributed by atoms with Crippen LogP contribution in [0.4, 0.5) is 0 Å². The SMILES string of the molecule is Cc1cccc(OCCNC2COC2)c1. The summed E-state index contributed by atoms with van der Waals surface area (Å²) >= 11 is 0. The Kier molecular flexibility index (Phi) is 3.59. The molecule has 1 aromatic carbocycles. The summed E-state index contributed by atoms with van der Waals surface area (Å²) < 4.78 is 10.7. The summed E-state index contributed by atoms with van der Waals surface area (Å²) in [6.45, 7) is 5.33. The van der Waals surface area contributed by atoms with Gasteiger partial charge in [0.25, 0.3) is 0 Å². The number of hydrogen-bond acceptors (Lipinski definition) is 3. The van der Waals surface area contributed by atoms with E-state index >= 15 is 0 Å². The summed E-state index contributed by atoms with van der Waals surface area (Å²) in [5.74, 6) is 0.946. The number of ether oxygens (including phenoxy) is 2. The van der Waals surface area contributed by atoms with Crippen LogP contribution in [0.3, 0.4) is 0 Å². The zero-order valence-corrected chi connectivity index (χ0v) is 9.03. The zero-order chi connectivity index (χ0) is 10.5. The van der Waals surface area contributed by atoms with Gasteiger partial charge in [0, 0.05) is 6.54 Å². The molecule has 3 heteroatoms. The number of aryl methyl sites for hydroxylation is 1. The Hall–Kier alpha value is -1.06. The maximum atomic E-state index is 5.60.